The van der Waals surface area contributed by atoms with Crippen LogP contribution in [-0.4, -0.2) is 50.7 Å². The zero-order valence-electron chi connectivity index (χ0n) is 18.3. The first-order chi connectivity index (χ1) is 15.0. The van der Waals surface area contributed by atoms with E-state index in [-0.39, 0.29) is 41.9 Å². The summed E-state index contributed by atoms with van der Waals surface area (Å²) in [5, 5.41) is 6.71. The standard InChI is InChI=1S/C23H29F3N4O.HI/c1-27-23(28-14-22(31-2)17-4-6-18(24)7-5-17)29-19-9-11-30(12-10-19)15-16-3-8-20(25)21(26)13-16;/h3-8,13,19,22H,9-12,14-15H2,1-2H3,(H2,27,28,29);1H. The maximum absolute atomic E-state index is 13.4. The molecule has 0 aliphatic carbocycles. The maximum Gasteiger partial charge on any atom is 0.191 e. The van der Waals surface area contributed by atoms with E-state index in [0.29, 0.717) is 19.0 Å². The quantitative estimate of drug-likeness (QED) is 0.301. The van der Waals surface area contributed by atoms with Gasteiger partial charge in [0.05, 0.1) is 6.10 Å². The van der Waals surface area contributed by atoms with Crippen molar-refractivity contribution in [2.24, 2.45) is 4.99 Å². The van der Waals surface area contributed by atoms with Crippen molar-refractivity contribution in [3.63, 3.8) is 0 Å². The molecular weight excluding hydrogens is 532 g/mol. The smallest absolute Gasteiger partial charge is 0.191 e. The van der Waals surface area contributed by atoms with Gasteiger partial charge in [0.25, 0.3) is 0 Å². The van der Waals surface area contributed by atoms with Gasteiger partial charge < -0.3 is 15.4 Å². The molecule has 1 heterocycles. The van der Waals surface area contributed by atoms with E-state index in [0.717, 1.165) is 37.1 Å². The number of benzene rings is 2. The number of likely N-dealkylation sites (tertiary alicyclic amines) is 1. The molecule has 1 atom stereocenters. The largest absolute Gasteiger partial charge is 0.375 e. The third-order valence-electron chi connectivity index (χ3n) is 5.52. The normalized spacial score (nSPS) is 16.3. The van der Waals surface area contributed by atoms with Crippen LogP contribution in [0.2, 0.25) is 0 Å². The summed E-state index contributed by atoms with van der Waals surface area (Å²) in [4.78, 5) is 6.52. The van der Waals surface area contributed by atoms with Crippen molar-refractivity contribution in [1.82, 2.24) is 15.5 Å². The summed E-state index contributed by atoms with van der Waals surface area (Å²) in [6.45, 7) is 2.80. The molecule has 1 unspecified atom stereocenters. The maximum atomic E-state index is 13.4. The Morgan fingerprint density at radius 1 is 1.09 bits per heavy atom. The van der Waals surface area contributed by atoms with Crippen LogP contribution in [0.1, 0.15) is 30.1 Å². The highest BCUT2D eigenvalue weighted by atomic mass is 127. The fraction of sp³-hybridized carbons (Fsp3) is 0.435. The van der Waals surface area contributed by atoms with Crippen molar-refractivity contribution >= 4 is 29.9 Å². The average Bonchev–Trinajstić information content (AvgIpc) is 2.78. The zero-order chi connectivity index (χ0) is 22.2. The Kier molecular flexibility index (Phi) is 10.7. The third-order valence-corrected chi connectivity index (χ3v) is 5.52. The van der Waals surface area contributed by atoms with Crippen LogP contribution < -0.4 is 10.6 Å². The lowest BCUT2D eigenvalue weighted by Crippen LogP contribution is -2.49. The molecule has 3 rings (SSSR count). The van der Waals surface area contributed by atoms with E-state index in [2.05, 4.69) is 20.5 Å². The molecule has 1 aliphatic heterocycles. The zero-order valence-corrected chi connectivity index (χ0v) is 20.6. The Hall–Kier alpha value is -1.85. The van der Waals surface area contributed by atoms with E-state index in [1.165, 1.54) is 24.3 Å². The number of rotatable bonds is 7. The number of piperidine rings is 1. The summed E-state index contributed by atoms with van der Waals surface area (Å²) >= 11 is 0. The molecule has 1 aliphatic rings. The molecule has 0 saturated carbocycles. The molecule has 0 aromatic heterocycles. The van der Waals surface area contributed by atoms with Crippen molar-refractivity contribution in [3.05, 3.63) is 71.0 Å². The van der Waals surface area contributed by atoms with Crippen LogP contribution in [0.15, 0.2) is 47.5 Å². The highest BCUT2D eigenvalue weighted by molar-refractivity contribution is 14.0. The van der Waals surface area contributed by atoms with Gasteiger partial charge in [-0.1, -0.05) is 18.2 Å². The Bertz CT molecular complexity index is 874. The Morgan fingerprint density at radius 3 is 2.38 bits per heavy atom. The lowest BCUT2D eigenvalue weighted by Gasteiger charge is -2.33. The van der Waals surface area contributed by atoms with Crippen LogP contribution in [-0.2, 0) is 11.3 Å². The first-order valence-corrected chi connectivity index (χ1v) is 10.4. The summed E-state index contributed by atoms with van der Waals surface area (Å²) in [5.74, 6) is -1.22. The molecular formula is C23H30F3IN4O. The van der Waals surface area contributed by atoms with E-state index in [9.17, 15) is 13.2 Å². The van der Waals surface area contributed by atoms with Gasteiger partial charge in [0, 0.05) is 46.4 Å². The van der Waals surface area contributed by atoms with Crippen LogP contribution in [0.3, 0.4) is 0 Å². The summed E-state index contributed by atoms with van der Waals surface area (Å²) in [6.07, 6.45) is 1.60. The summed E-state index contributed by atoms with van der Waals surface area (Å²) in [6, 6.07) is 10.6. The van der Waals surface area contributed by atoms with Gasteiger partial charge in [0.2, 0.25) is 0 Å². The predicted octanol–water partition coefficient (Wildman–Crippen LogP) is 4.24. The minimum atomic E-state index is -0.819. The second-order valence-electron chi connectivity index (χ2n) is 7.67. The second kappa shape index (κ2) is 13.0. The van der Waals surface area contributed by atoms with E-state index in [4.69, 9.17) is 4.74 Å². The lowest BCUT2D eigenvalue weighted by atomic mass is 10.0. The highest BCUT2D eigenvalue weighted by Crippen LogP contribution is 2.17. The van der Waals surface area contributed by atoms with Gasteiger partial charge in [0.1, 0.15) is 5.82 Å². The topological polar surface area (TPSA) is 48.9 Å². The molecule has 0 spiro atoms. The van der Waals surface area contributed by atoms with E-state index in [1.807, 2.05) is 0 Å². The fourth-order valence-electron chi connectivity index (χ4n) is 3.72. The number of halogens is 4. The Morgan fingerprint density at radius 2 is 1.78 bits per heavy atom. The van der Waals surface area contributed by atoms with Gasteiger partial charge >= 0.3 is 0 Å². The van der Waals surface area contributed by atoms with Gasteiger partial charge in [-0.3, -0.25) is 9.89 Å². The monoisotopic (exact) mass is 562 g/mol. The van der Waals surface area contributed by atoms with Crippen LogP contribution in [0.25, 0.3) is 0 Å². The first-order valence-electron chi connectivity index (χ1n) is 10.4. The first kappa shape index (κ1) is 26.4. The van der Waals surface area contributed by atoms with Crippen LogP contribution in [0.4, 0.5) is 13.2 Å². The number of hydrogen-bond acceptors (Lipinski definition) is 3. The van der Waals surface area contributed by atoms with Crippen LogP contribution in [0, 0.1) is 17.5 Å². The molecule has 176 valence electrons. The minimum absolute atomic E-state index is 0. The number of nitrogens with zero attached hydrogens (tertiary/aromatic N) is 2. The molecule has 2 N–H and O–H groups in total. The van der Waals surface area contributed by atoms with E-state index < -0.39 is 11.6 Å². The SMILES string of the molecule is CN=C(NCC(OC)c1ccc(F)cc1)NC1CCN(Cc2ccc(F)c(F)c2)CC1.I. The fourth-order valence-corrected chi connectivity index (χ4v) is 3.72. The Balaban J connectivity index is 0.00000363. The van der Waals surface area contributed by atoms with Gasteiger partial charge in [-0.15, -0.1) is 24.0 Å². The molecule has 0 radical (unpaired) electrons. The van der Waals surface area contributed by atoms with E-state index >= 15 is 0 Å². The van der Waals surface area contributed by atoms with Gasteiger partial charge in [0.15, 0.2) is 17.6 Å². The third kappa shape index (κ3) is 7.63. The van der Waals surface area contributed by atoms with Crippen molar-refractivity contribution in [2.45, 2.75) is 31.5 Å². The molecule has 0 amide bonds. The molecule has 0 bridgehead atoms. The predicted molar refractivity (Wildman–Crippen MR) is 131 cm³/mol. The molecule has 2 aromatic carbocycles. The second-order valence-corrected chi connectivity index (χ2v) is 7.67. The van der Waals surface area contributed by atoms with Crippen LogP contribution in [0.5, 0.6) is 0 Å². The Labute approximate surface area is 204 Å². The number of nitrogens with one attached hydrogen (secondary N) is 2. The number of guanidine groups is 1. The molecule has 32 heavy (non-hydrogen) atoms. The number of aliphatic imine (C=N–C) groups is 1. The summed E-state index contributed by atoms with van der Waals surface area (Å²) < 4.78 is 45.2. The van der Waals surface area contributed by atoms with Crippen LogP contribution >= 0.6 is 24.0 Å². The van der Waals surface area contributed by atoms with Crippen molar-refractivity contribution in [3.8, 4) is 0 Å². The molecule has 2 aromatic rings. The number of methoxy groups -OCH3 is 1. The molecule has 5 nitrogen and oxygen atoms in total. The minimum Gasteiger partial charge on any atom is -0.375 e. The highest BCUT2D eigenvalue weighted by Gasteiger charge is 2.21. The van der Waals surface area contributed by atoms with Crippen molar-refractivity contribution in [2.75, 3.05) is 33.8 Å². The van der Waals surface area contributed by atoms with Gasteiger partial charge in [-0.25, -0.2) is 13.2 Å². The average molecular weight is 562 g/mol. The molecule has 9 heteroatoms. The summed E-state index contributed by atoms with van der Waals surface area (Å²) in [7, 11) is 3.34. The van der Waals surface area contributed by atoms with E-state index in [1.54, 1.807) is 32.4 Å². The molecule has 1 saturated heterocycles. The number of ether oxygens (including phenoxy) is 1. The van der Waals surface area contributed by atoms with Gasteiger partial charge in [-0.05, 0) is 48.2 Å². The van der Waals surface area contributed by atoms with Crippen molar-refractivity contribution < 1.29 is 17.9 Å². The van der Waals surface area contributed by atoms with Crippen molar-refractivity contribution in [1.29, 1.82) is 0 Å². The number of hydrogen-bond donors (Lipinski definition) is 2. The van der Waals surface area contributed by atoms with Gasteiger partial charge in [-0.2, -0.15) is 0 Å². The summed E-state index contributed by atoms with van der Waals surface area (Å²) in [5.41, 5.74) is 1.66. The lowest BCUT2D eigenvalue weighted by molar-refractivity contribution is 0.106. The molecule has 1 fully saturated rings.